The van der Waals surface area contributed by atoms with E-state index in [1.165, 1.54) is 0 Å². The Morgan fingerprint density at radius 1 is 1.12 bits per heavy atom. The van der Waals surface area contributed by atoms with E-state index in [2.05, 4.69) is 0 Å². The largest absolute Gasteiger partial charge is 0.383 e. The SMILES string of the molecule is CS(=O)(=O)Oc1ccc(-c2cccs2)cc1. The molecule has 2 rings (SSSR count). The summed E-state index contributed by atoms with van der Waals surface area (Å²) in [5.74, 6) is 0.336. The van der Waals surface area contributed by atoms with E-state index in [9.17, 15) is 8.42 Å². The molecule has 0 N–H and O–H groups in total. The Hall–Kier alpha value is -1.33. The van der Waals surface area contributed by atoms with Crippen LogP contribution in [-0.2, 0) is 10.1 Å². The van der Waals surface area contributed by atoms with Gasteiger partial charge in [0.05, 0.1) is 6.26 Å². The average molecular weight is 254 g/mol. The van der Waals surface area contributed by atoms with E-state index in [4.69, 9.17) is 4.18 Å². The highest BCUT2D eigenvalue weighted by atomic mass is 32.2. The lowest BCUT2D eigenvalue weighted by Crippen LogP contribution is -2.05. The molecule has 0 aliphatic carbocycles. The van der Waals surface area contributed by atoms with Crippen molar-refractivity contribution in [1.82, 2.24) is 0 Å². The van der Waals surface area contributed by atoms with Crippen LogP contribution in [0.15, 0.2) is 41.8 Å². The number of hydrogen-bond donors (Lipinski definition) is 0. The van der Waals surface area contributed by atoms with Crippen molar-refractivity contribution >= 4 is 21.5 Å². The molecule has 2 aromatic rings. The van der Waals surface area contributed by atoms with Crippen LogP contribution in [0.2, 0.25) is 0 Å². The first-order chi connectivity index (χ1) is 7.54. The van der Waals surface area contributed by atoms with Gasteiger partial charge in [0.2, 0.25) is 0 Å². The van der Waals surface area contributed by atoms with Crippen molar-refractivity contribution in [3.8, 4) is 16.2 Å². The van der Waals surface area contributed by atoms with Gasteiger partial charge in [-0.2, -0.15) is 8.42 Å². The molecular formula is C11H10O3S2. The minimum atomic E-state index is -3.44. The van der Waals surface area contributed by atoms with E-state index < -0.39 is 10.1 Å². The monoisotopic (exact) mass is 254 g/mol. The first kappa shape index (κ1) is 11.2. The zero-order chi connectivity index (χ0) is 11.6. The van der Waals surface area contributed by atoms with Crippen molar-refractivity contribution in [2.75, 3.05) is 6.26 Å². The topological polar surface area (TPSA) is 43.4 Å². The van der Waals surface area contributed by atoms with E-state index in [0.29, 0.717) is 5.75 Å². The van der Waals surface area contributed by atoms with Gasteiger partial charge in [-0.1, -0.05) is 6.07 Å². The Balaban J connectivity index is 2.24. The van der Waals surface area contributed by atoms with Gasteiger partial charge in [-0.25, -0.2) is 0 Å². The summed E-state index contributed by atoms with van der Waals surface area (Å²) in [6.45, 7) is 0. The molecule has 0 fully saturated rings. The summed E-state index contributed by atoms with van der Waals surface area (Å²) in [5, 5.41) is 2.00. The maximum Gasteiger partial charge on any atom is 0.306 e. The zero-order valence-corrected chi connectivity index (χ0v) is 10.2. The van der Waals surface area contributed by atoms with Crippen molar-refractivity contribution in [3.05, 3.63) is 41.8 Å². The van der Waals surface area contributed by atoms with Crippen molar-refractivity contribution in [2.24, 2.45) is 0 Å². The molecule has 16 heavy (non-hydrogen) atoms. The fourth-order valence-electron chi connectivity index (χ4n) is 1.29. The van der Waals surface area contributed by atoms with Crippen LogP contribution in [-0.4, -0.2) is 14.7 Å². The molecule has 5 heteroatoms. The average Bonchev–Trinajstić information content (AvgIpc) is 2.69. The fraction of sp³-hybridized carbons (Fsp3) is 0.0909. The van der Waals surface area contributed by atoms with Crippen LogP contribution in [0.4, 0.5) is 0 Å². The molecule has 0 spiro atoms. The number of benzene rings is 1. The van der Waals surface area contributed by atoms with Gasteiger partial charge >= 0.3 is 10.1 Å². The van der Waals surface area contributed by atoms with Crippen LogP contribution in [0.25, 0.3) is 10.4 Å². The lowest BCUT2D eigenvalue weighted by atomic mass is 10.2. The van der Waals surface area contributed by atoms with Gasteiger partial charge < -0.3 is 4.18 Å². The molecule has 0 saturated heterocycles. The Morgan fingerprint density at radius 3 is 2.31 bits per heavy atom. The molecule has 0 unspecified atom stereocenters. The van der Waals surface area contributed by atoms with Crippen molar-refractivity contribution in [1.29, 1.82) is 0 Å². The normalized spacial score (nSPS) is 11.3. The van der Waals surface area contributed by atoms with Crippen molar-refractivity contribution in [2.45, 2.75) is 0 Å². The highest BCUT2D eigenvalue weighted by molar-refractivity contribution is 7.86. The zero-order valence-electron chi connectivity index (χ0n) is 8.58. The molecule has 1 heterocycles. The first-order valence-electron chi connectivity index (χ1n) is 4.58. The predicted molar refractivity (Wildman–Crippen MR) is 65.2 cm³/mol. The second kappa shape index (κ2) is 4.27. The summed E-state index contributed by atoms with van der Waals surface area (Å²) in [6, 6.07) is 11.0. The number of thiophene rings is 1. The Kier molecular flexibility index (Phi) is 2.98. The minimum Gasteiger partial charge on any atom is -0.383 e. The van der Waals surface area contributed by atoms with Gasteiger partial charge in [-0.05, 0) is 41.3 Å². The second-order valence-electron chi connectivity index (χ2n) is 3.29. The summed E-state index contributed by atoms with van der Waals surface area (Å²) in [4.78, 5) is 1.14. The van der Waals surface area contributed by atoms with Gasteiger partial charge in [0.15, 0.2) is 0 Å². The van der Waals surface area contributed by atoms with Crippen molar-refractivity contribution in [3.63, 3.8) is 0 Å². The Labute approximate surface area is 98.4 Å². The summed E-state index contributed by atoms with van der Waals surface area (Å²) < 4.78 is 26.5. The fourth-order valence-corrected chi connectivity index (χ4v) is 2.49. The molecule has 0 aliphatic heterocycles. The quantitative estimate of drug-likeness (QED) is 0.791. The van der Waals surface area contributed by atoms with E-state index in [1.807, 2.05) is 29.6 Å². The molecule has 84 valence electrons. The van der Waals surface area contributed by atoms with E-state index in [0.717, 1.165) is 16.7 Å². The molecule has 1 aromatic carbocycles. The number of rotatable bonds is 3. The lowest BCUT2D eigenvalue weighted by molar-refractivity contribution is 0.493. The first-order valence-corrected chi connectivity index (χ1v) is 7.28. The van der Waals surface area contributed by atoms with Crippen LogP contribution in [0, 0.1) is 0 Å². The van der Waals surface area contributed by atoms with E-state index in [1.54, 1.807) is 23.5 Å². The molecule has 3 nitrogen and oxygen atoms in total. The van der Waals surface area contributed by atoms with Crippen LogP contribution < -0.4 is 4.18 Å². The van der Waals surface area contributed by atoms with Gasteiger partial charge in [0.1, 0.15) is 5.75 Å². The Morgan fingerprint density at radius 2 is 1.81 bits per heavy atom. The summed E-state index contributed by atoms with van der Waals surface area (Å²) in [6.07, 6.45) is 1.03. The molecule has 0 radical (unpaired) electrons. The molecule has 0 aliphatic rings. The van der Waals surface area contributed by atoms with Gasteiger partial charge in [0, 0.05) is 4.88 Å². The van der Waals surface area contributed by atoms with E-state index >= 15 is 0 Å². The smallest absolute Gasteiger partial charge is 0.306 e. The summed E-state index contributed by atoms with van der Waals surface area (Å²) >= 11 is 1.64. The molecule has 0 bridgehead atoms. The molecular weight excluding hydrogens is 244 g/mol. The number of hydrogen-bond acceptors (Lipinski definition) is 4. The second-order valence-corrected chi connectivity index (χ2v) is 5.81. The third-order valence-corrected chi connectivity index (χ3v) is 3.32. The lowest BCUT2D eigenvalue weighted by Gasteiger charge is -2.03. The molecule has 0 saturated carbocycles. The molecule has 1 aromatic heterocycles. The van der Waals surface area contributed by atoms with Gasteiger partial charge in [-0.15, -0.1) is 11.3 Å². The highest BCUT2D eigenvalue weighted by Crippen LogP contribution is 2.26. The van der Waals surface area contributed by atoms with Crippen molar-refractivity contribution < 1.29 is 12.6 Å². The maximum atomic E-state index is 10.9. The van der Waals surface area contributed by atoms with Gasteiger partial charge in [-0.3, -0.25) is 0 Å². The standard InChI is InChI=1S/C11H10O3S2/c1-16(12,13)14-10-6-4-9(5-7-10)11-3-2-8-15-11/h2-8H,1H3. The minimum absolute atomic E-state index is 0.336. The Bertz CT molecular complexity index is 554. The molecule has 0 amide bonds. The van der Waals surface area contributed by atoms with E-state index in [-0.39, 0.29) is 0 Å². The highest BCUT2D eigenvalue weighted by Gasteiger charge is 2.04. The maximum absolute atomic E-state index is 10.9. The van der Waals surface area contributed by atoms with Crippen LogP contribution in [0.3, 0.4) is 0 Å². The van der Waals surface area contributed by atoms with Crippen LogP contribution >= 0.6 is 11.3 Å². The third-order valence-electron chi connectivity index (χ3n) is 1.91. The van der Waals surface area contributed by atoms with Crippen LogP contribution in [0.5, 0.6) is 5.75 Å². The summed E-state index contributed by atoms with van der Waals surface area (Å²) in [7, 11) is -3.44. The third kappa shape index (κ3) is 2.84. The summed E-state index contributed by atoms with van der Waals surface area (Å²) in [5.41, 5.74) is 1.05. The predicted octanol–water partition coefficient (Wildman–Crippen LogP) is 2.75. The molecule has 0 atom stereocenters. The van der Waals surface area contributed by atoms with Crippen LogP contribution in [0.1, 0.15) is 0 Å². The van der Waals surface area contributed by atoms with Gasteiger partial charge in [0.25, 0.3) is 0 Å².